The van der Waals surface area contributed by atoms with E-state index in [1.807, 2.05) is 13.8 Å². The molecule has 4 aliphatic rings. The Balaban J connectivity index is 1.77. The van der Waals surface area contributed by atoms with E-state index in [9.17, 15) is 19.2 Å². The number of halogens is 2. The lowest BCUT2D eigenvalue weighted by atomic mass is 9.42. The van der Waals surface area contributed by atoms with Crippen LogP contribution >= 0.6 is 11.6 Å². The maximum atomic E-state index is 16.7. The van der Waals surface area contributed by atoms with E-state index in [-0.39, 0.29) is 55.1 Å². The highest BCUT2D eigenvalue weighted by Gasteiger charge is 2.74. The maximum Gasteiger partial charge on any atom is 0.306 e. The number of ether oxygens (including phenoxy) is 3. The Morgan fingerprint density at radius 2 is 1.62 bits per heavy atom. The van der Waals surface area contributed by atoms with Crippen LogP contribution in [0.4, 0.5) is 4.39 Å². The predicted molar refractivity (Wildman–Crippen MR) is 143 cm³/mol. The van der Waals surface area contributed by atoms with Gasteiger partial charge < -0.3 is 14.2 Å². The molecular formula is C30H42ClFO7. The topological polar surface area (TPSA) is 96.0 Å². The van der Waals surface area contributed by atoms with Crippen molar-refractivity contribution in [1.82, 2.24) is 0 Å². The minimum Gasteiger partial charge on any atom is -0.462 e. The summed E-state index contributed by atoms with van der Waals surface area (Å²) in [6.45, 7) is 12.9. The molecule has 4 fully saturated rings. The fourth-order valence-corrected chi connectivity index (χ4v) is 9.23. The van der Waals surface area contributed by atoms with Gasteiger partial charge in [0.15, 0.2) is 17.0 Å². The standard InChI is InChI=1S/C30H42ClFO7/c1-7-25(35)38-29-15-19(37-18(4)33)9-11-27(29,5)21-10-12-28(6)22(20(21)14-23(29)32)13-17(3)30(28,24(34)16-31)39-26(36)8-2/h19-23H,3,7-16H2,1-2,4-6H3/t19-,20+,21-,22-,23+,27+,28-,29-,30-/m0/s1. The predicted octanol–water partition coefficient (Wildman–Crippen LogP) is 5.65. The molecule has 4 saturated carbocycles. The van der Waals surface area contributed by atoms with Crippen LogP contribution < -0.4 is 0 Å². The van der Waals surface area contributed by atoms with Gasteiger partial charge in [-0.1, -0.05) is 34.3 Å². The van der Waals surface area contributed by atoms with Gasteiger partial charge in [-0.15, -0.1) is 11.6 Å². The fraction of sp³-hybridized carbons (Fsp3) is 0.800. The number of ketones is 1. The monoisotopic (exact) mass is 568 g/mol. The Morgan fingerprint density at radius 3 is 2.21 bits per heavy atom. The summed E-state index contributed by atoms with van der Waals surface area (Å²) in [5.74, 6) is -2.43. The van der Waals surface area contributed by atoms with Crippen molar-refractivity contribution in [1.29, 1.82) is 0 Å². The first-order chi connectivity index (χ1) is 18.3. The number of esters is 3. The summed E-state index contributed by atoms with van der Waals surface area (Å²) in [6.07, 6.45) is 1.15. The van der Waals surface area contributed by atoms with E-state index in [4.69, 9.17) is 25.8 Å². The molecule has 0 aromatic rings. The fourth-order valence-electron chi connectivity index (χ4n) is 9.05. The number of fused-ring (bicyclic) bond motifs is 5. The summed E-state index contributed by atoms with van der Waals surface area (Å²) in [4.78, 5) is 50.5. The zero-order chi connectivity index (χ0) is 29.0. The molecule has 7 nitrogen and oxygen atoms in total. The minimum absolute atomic E-state index is 0.0120. The van der Waals surface area contributed by atoms with Crippen molar-refractivity contribution in [2.24, 2.45) is 28.6 Å². The average Bonchev–Trinajstić information content (AvgIpc) is 3.11. The highest BCUT2D eigenvalue weighted by Crippen LogP contribution is 2.71. The highest BCUT2D eigenvalue weighted by molar-refractivity contribution is 6.29. The van der Waals surface area contributed by atoms with Gasteiger partial charge in [-0.05, 0) is 61.9 Å². The Morgan fingerprint density at radius 1 is 1.00 bits per heavy atom. The van der Waals surface area contributed by atoms with Crippen molar-refractivity contribution in [3.8, 4) is 0 Å². The van der Waals surface area contributed by atoms with E-state index in [0.29, 0.717) is 37.7 Å². The summed E-state index contributed by atoms with van der Waals surface area (Å²) in [5, 5.41) is 0. The van der Waals surface area contributed by atoms with Crippen LogP contribution in [0.2, 0.25) is 0 Å². The number of carbonyl (C=O) groups excluding carboxylic acids is 4. The van der Waals surface area contributed by atoms with Crippen LogP contribution in [-0.4, -0.2) is 53.0 Å². The van der Waals surface area contributed by atoms with Crippen molar-refractivity contribution in [3.63, 3.8) is 0 Å². The lowest BCUT2D eigenvalue weighted by Gasteiger charge is -2.65. The molecular weight excluding hydrogens is 527 g/mol. The first kappa shape index (κ1) is 30.0. The summed E-state index contributed by atoms with van der Waals surface area (Å²) >= 11 is 6.08. The van der Waals surface area contributed by atoms with Crippen LogP contribution in [0, 0.1) is 28.6 Å². The summed E-state index contributed by atoms with van der Waals surface area (Å²) < 4.78 is 34.3. The molecule has 0 unspecified atom stereocenters. The summed E-state index contributed by atoms with van der Waals surface area (Å²) in [5.41, 5.74) is -3.92. The number of hydrogen-bond donors (Lipinski definition) is 0. The number of Topliss-reactive ketones (excluding diaryl/α,β-unsaturated/α-hetero) is 1. The van der Waals surface area contributed by atoms with Gasteiger partial charge in [0.05, 0.1) is 5.88 Å². The Labute approximate surface area is 235 Å². The zero-order valence-corrected chi connectivity index (χ0v) is 24.5. The second kappa shape index (κ2) is 10.5. The van der Waals surface area contributed by atoms with Gasteiger partial charge in [-0.25, -0.2) is 4.39 Å². The SMILES string of the molecule is C=C1C[C@H]2[C@@H]3C[C@@H](F)[C@@]4(OC(=O)CC)C[C@@H](OC(C)=O)CC[C@]4(C)[C@H]3CC[C@]2(C)[C@@]1(OC(=O)CC)C(=O)CCl. The van der Waals surface area contributed by atoms with Crippen molar-refractivity contribution in [2.45, 2.75) is 116 Å². The molecule has 0 saturated heterocycles. The first-order valence-corrected chi connectivity index (χ1v) is 14.8. The van der Waals surface area contributed by atoms with E-state index in [1.54, 1.807) is 13.8 Å². The molecule has 0 aromatic carbocycles. The third kappa shape index (κ3) is 4.26. The Hall–Kier alpha value is -1.96. The molecule has 0 spiro atoms. The average molecular weight is 569 g/mol. The van der Waals surface area contributed by atoms with Gasteiger partial charge in [0.1, 0.15) is 12.3 Å². The van der Waals surface area contributed by atoms with Gasteiger partial charge >= 0.3 is 17.9 Å². The minimum atomic E-state index is -1.54. The van der Waals surface area contributed by atoms with Crippen LogP contribution in [0.15, 0.2) is 12.2 Å². The lowest BCUT2D eigenvalue weighted by molar-refractivity contribution is -0.266. The number of hydrogen-bond acceptors (Lipinski definition) is 7. The van der Waals surface area contributed by atoms with Crippen LogP contribution in [0.25, 0.3) is 0 Å². The second-order valence-electron chi connectivity index (χ2n) is 12.5. The van der Waals surface area contributed by atoms with E-state index in [0.717, 1.165) is 0 Å². The lowest BCUT2D eigenvalue weighted by Crippen LogP contribution is -2.70. The van der Waals surface area contributed by atoms with E-state index < -0.39 is 52.2 Å². The molecule has 4 rings (SSSR count). The summed E-state index contributed by atoms with van der Waals surface area (Å²) in [6, 6.07) is 0. The molecule has 9 atom stereocenters. The van der Waals surface area contributed by atoms with Crippen LogP contribution in [0.3, 0.4) is 0 Å². The zero-order valence-electron chi connectivity index (χ0n) is 23.8. The molecule has 0 N–H and O–H groups in total. The third-order valence-electron chi connectivity index (χ3n) is 10.9. The van der Waals surface area contributed by atoms with Gasteiger partial charge in [-0.2, -0.15) is 0 Å². The maximum absolute atomic E-state index is 16.7. The van der Waals surface area contributed by atoms with Crippen molar-refractivity contribution < 1.29 is 37.8 Å². The van der Waals surface area contributed by atoms with Gasteiger partial charge in [-0.3, -0.25) is 19.2 Å². The van der Waals surface area contributed by atoms with E-state index in [1.165, 1.54) is 6.92 Å². The smallest absolute Gasteiger partial charge is 0.306 e. The second-order valence-corrected chi connectivity index (χ2v) is 12.8. The molecule has 0 amide bonds. The molecule has 0 radical (unpaired) electrons. The normalized spacial score (nSPS) is 42.9. The van der Waals surface area contributed by atoms with Crippen molar-refractivity contribution in [2.75, 3.05) is 5.88 Å². The van der Waals surface area contributed by atoms with E-state index >= 15 is 4.39 Å². The quantitative estimate of drug-likeness (QED) is 0.169. The number of carbonyl (C=O) groups is 4. The molecule has 9 heteroatoms. The molecule has 0 aliphatic heterocycles. The van der Waals surface area contributed by atoms with Gasteiger partial charge in [0.2, 0.25) is 0 Å². The van der Waals surface area contributed by atoms with Crippen LogP contribution in [-0.2, 0) is 33.4 Å². The largest absolute Gasteiger partial charge is 0.462 e. The van der Waals surface area contributed by atoms with Crippen LogP contribution in [0.1, 0.15) is 92.4 Å². The van der Waals surface area contributed by atoms with Gasteiger partial charge in [0.25, 0.3) is 0 Å². The van der Waals surface area contributed by atoms with Crippen molar-refractivity contribution >= 4 is 35.3 Å². The molecule has 0 aromatic heterocycles. The number of alkyl halides is 2. The molecule has 0 bridgehead atoms. The van der Waals surface area contributed by atoms with Gasteiger partial charge in [0, 0.05) is 37.0 Å². The van der Waals surface area contributed by atoms with Crippen LogP contribution in [0.5, 0.6) is 0 Å². The van der Waals surface area contributed by atoms with Crippen molar-refractivity contribution in [3.05, 3.63) is 12.2 Å². The molecule has 0 heterocycles. The molecule has 4 aliphatic carbocycles. The number of rotatable bonds is 7. The summed E-state index contributed by atoms with van der Waals surface area (Å²) in [7, 11) is 0. The Kier molecular flexibility index (Phi) is 8.05. The third-order valence-corrected chi connectivity index (χ3v) is 11.1. The first-order valence-electron chi connectivity index (χ1n) is 14.3. The Bertz CT molecular complexity index is 1060. The van der Waals surface area contributed by atoms with E-state index in [2.05, 4.69) is 6.58 Å². The molecule has 218 valence electrons. The molecule has 39 heavy (non-hydrogen) atoms. The highest BCUT2D eigenvalue weighted by atomic mass is 35.5.